The number of amides is 1. The van der Waals surface area contributed by atoms with Crippen LogP contribution >= 0.6 is 11.6 Å². The Morgan fingerprint density at radius 2 is 2.18 bits per heavy atom. The third-order valence-electron chi connectivity index (χ3n) is 6.64. The summed E-state index contributed by atoms with van der Waals surface area (Å²) in [7, 11) is 0. The summed E-state index contributed by atoms with van der Waals surface area (Å²) in [6.07, 6.45) is 4.64. The van der Waals surface area contributed by atoms with Crippen molar-refractivity contribution in [3.05, 3.63) is 58.6 Å². The van der Waals surface area contributed by atoms with Crippen LogP contribution in [0.15, 0.2) is 52.6 Å². The molecule has 1 unspecified atom stereocenters. The van der Waals surface area contributed by atoms with Gasteiger partial charge in [-0.15, -0.1) is 0 Å². The zero-order valence-electron chi connectivity index (χ0n) is 21.7. The fraction of sp³-hybridized carbons (Fsp3) is 0.407. The number of ether oxygens (including phenoxy) is 1. The van der Waals surface area contributed by atoms with Gasteiger partial charge < -0.3 is 15.0 Å². The molecule has 1 fully saturated rings. The van der Waals surface area contributed by atoms with Gasteiger partial charge in [0.2, 0.25) is 11.9 Å². The van der Waals surface area contributed by atoms with E-state index >= 15 is 0 Å². The van der Waals surface area contributed by atoms with E-state index in [0.29, 0.717) is 17.3 Å². The second kappa shape index (κ2) is 12.9. The molecule has 0 aliphatic carbocycles. The molecule has 0 saturated carbocycles. The number of benzene rings is 2. The number of hydrazone groups is 1. The fourth-order valence-electron chi connectivity index (χ4n) is 4.77. The Bertz CT molecular complexity index is 1290. The number of carbonyl (C=O) groups is 1. The van der Waals surface area contributed by atoms with Crippen LogP contribution in [0.25, 0.3) is 0 Å². The highest BCUT2D eigenvalue weighted by molar-refractivity contribution is 6.31. The molecule has 0 aromatic heterocycles. The Morgan fingerprint density at radius 3 is 2.85 bits per heavy atom. The van der Waals surface area contributed by atoms with E-state index in [1.807, 2.05) is 32.2 Å². The van der Waals surface area contributed by atoms with Crippen molar-refractivity contribution in [1.29, 1.82) is 5.26 Å². The van der Waals surface area contributed by atoms with Crippen molar-refractivity contribution in [3.8, 4) is 11.9 Å². The first-order valence-electron chi connectivity index (χ1n) is 12.8. The second-order valence-electron chi connectivity index (χ2n) is 9.22. The van der Waals surface area contributed by atoms with Gasteiger partial charge in [0.15, 0.2) is 6.19 Å². The van der Waals surface area contributed by atoms with Crippen LogP contribution in [0.2, 0.25) is 5.02 Å². The number of halogens is 3. The molecule has 2 aromatic carbocycles. The molecule has 4 rings (SSSR count). The van der Waals surface area contributed by atoms with Crippen molar-refractivity contribution in [2.24, 2.45) is 10.1 Å². The molecule has 2 aromatic rings. The summed E-state index contributed by atoms with van der Waals surface area (Å²) in [5.74, 6) is 0.00751. The predicted octanol–water partition coefficient (Wildman–Crippen LogP) is 4.39. The van der Waals surface area contributed by atoms with E-state index in [9.17, 15) is 18.8 Å². The molecule has 9 nitrogen and oxygen atoms in total. The van der Waals surface area contributed by atoms with Gasteiger partial charge in [-0.25, -0.2) is 10.0 Å². The Morgan fingerprint density at radius 1 is 1.36 bits per heavy atom. The summed E-state index contributed by atoms with van der Waals surface area (Å²) >= 11 is 6.27. The van der Waals surface area contributed by atoms with Crippen molar-refractivity contribution in [1.82, 2.24) is 20.5 Å². The number of nitrogens with one attached hydrogen (secondary N) is 2. The molecular formula is C27H30ClF2N7O2. The van der Waals surface area contributed by atoms with Crippen molar-refractivity contribution in [2.75, 3.05) is 19.6 Å². The molecular weight excluding hydrogens is 528 g/mol. The normalized spacial score (nSPS) is 19.5. The predicted molar refractivity (Wildman–Crippen MR) is 145 cm³/mol. The van der Waals surface area contributed by atoms with Gasteiger partial charge in [0, 0.05) is 23.2 Å². The minimum Gasteiger partial charge on any atom is -0.435 e. The van der Waals surface area contributed by atoms with Crippen LogP contribution in [0.5, 0.6) is 5.75 Å². The average Bonchev–Trinajstić information content (AvgIpc) is 3.36. The van der Waals surface area contributed by atoms with Gasteiger partial charge in [-0.05, 0) is 63.1 Å². The number of nitriles is 1. The Balaban J connectivity index is 1.72. The average molecular weight is 558 g/mol. The number of guanidine groups is 1. The molecule has 12 heteroatoms. The Labute approximate surface area is 231 Å². The smallest absolute Gasteiger partial charge is 0.387 e. The van der Waals surface area contributed by atoms with Gasteiger partial charge in [0.05, 0.1) is 30.0 Å². The van der Waals surface area contributed by atoms with E-state index in [1.165, 1.54) is 23.2 Å². The topological polar surface area (TPSA) is 105 Å². The lowest BCUT2D eigenvalue weighted by Crippen LogP contribution is -2.55. The first-order chi connectivity index (χ1) is 18.8. The van der Waals surface area contributed by atoms with Gasteiger partial charge in [-0.1, -0.05) is 30.2 Å². The monoisotopic (exact) mass is 557 g/mol. The number of aryl methyl sites for hydroxylation is 1. The summed E-state index contributed by atoms with van der Waals surface area (Å²) in [4.78, 5) is 19.9. The molecule has 1 saturated heterocycles. The van der Waals surface area contributed by atoms with E-state index in [1.54, 1.807) is 17.0 Å². The third-order valence-corrected chi connectivity index (χ3v) is 7.07. The van der Waals surface area contributed by atoms with Crippen LogP contribution < -0.4 is 15.4 Å². The van der Waals surface area contributed by atoms with Crippen LogP contribution in [0.3, 0.4) is 0 Å². The van der Waals surface area contributed by atoms with Gasteiger partial charge in [-0.2, -0.15) is 19.1 Å². The van der Waals surface area contributed by atoms with E-state index in [0.717, 1.165) is 36.9 Å². The number of piperidine rings is 1. The van der Waals surface area contributed by atoms with Crippen molar-refractivity contribution < 1.29 is 18.3 Å². The summed E-state index contributed by atoms with van der Waals surface area (Å²) in [5.41, 5.74) is 2.56. The maximum Gasteiger partial charge on any atom is 0.387 e. The number of aliphatic imine (C=N–C) groups is 1. The molecule has 39 heavy (non-hydrogen) atoms. The summed E-state index contributed by atoms with van der Waals surface area (Å²) < 4.78 is 29.9. The highest BCUT2D eigenvalue weighted by Crippen LogP contribution is 2.26. The van der Waals surface area contributed by atoms with Gasteiger partial charge in [0.1, 0.15) is 5.75 Å². The van der Waals surface area contributed by atoms with Gasteiger partial charge >= 0.3 is 6.61 Å². The largest absolute Gasteiger partial charge is 0.435 e. The van der Waals surface area contributed by atoms with Gasteiger partial charge in [-0.3, -0.25) is 10.1 Å². The Kier molecular flexibility index (Phi) is 9.32. The van der Waals surface area contributed by atoms with Crippen molar-refractivity contribution in [3.63, 3.8) is 0 Å². The molecule has 2 atom stereocenters. The zero-order valence-corrected chi connectivity index (χ0v) is 22.5. The molecule has 206 valence electrons. The lowest BCUT2D eigenvalue weighted by molar-refractivity contribution is -0.134. The van der Waals surface area contributed by atoms with Gasteiger partial charge in [0.25, 0.3) is 0 Å². The third kappa shape index (κ3) is 6.82. The number of carbonyl (C=O) groups excluding carboxylic acids is 1. The van der Waals surface area contributed by atoms with E-state index in [4.69, 9.17) is 16.7 Å². The number of likely N-dealkylation sites (N-methyl/N-ethyl adjacent to an activating group) is 1. The molecule has 0 spiro atoms. The number of nitrogens with zero attached hydrogens (tertiary/aromatic N) is 5. The standard InChI is InChI=1S/C27H30ClF2N7O2/c1-3-36(25(38)22-9-4-5-12-32-22)23-15-37(35-24(23)18-10-11-21(28)17(2)13-18)27(33-16-31)34-19-7-6-8-20(14-19)39-26(29)30/h6-8,10-11,13-14,22-23,26,32H,3-5,9,12,15H2,1-2H3,(H,33,34)/t22-,23?/m1/s1. The maximum atomic E-state index is 13.6. The van der Waals surface area contributed by atoms with E-state index in [-0.39, 0.29) is 35.9 Å². The summed E-state index contributed by atoms with van der Waals surface area (Å²) in [5, 5.41) is 22.2. The van der Waals surface area contributed by atoms with Crippen LogP contribution in [0.1, 0.15) is 37.3 Å². The minimum absolute atomic E-state index is 0.00832. The fourth-order valence-corrected chi connectivity index (χ4v) is 4.88. The van der Waals surface area contributed by atoms with Crippen LogP contribution in [-0.2, 0) is 4.79 Å². The number of alkyl halides is 2. The lowest BCUT2D eigenvalue weighted by atomic mass is 9.98. The molecule has 2 aliphatic heterocycles. The van der Waals surface area contributed by atoms with E-state index in [2.05, 4.69) is 20.4 Å². The van der Waals surface area contributed by atoms with E-state index < -0.39 is 12.7 Å². The number of hydrogen-bond donors (Lipinski definition) is 2. The summed E-state index contributed by atoms with van der Waals surface area (Å²) in [6.45, 7) is 2.30. The first-order valence-corrected chi connectivity index (χ1v) is 13.1. The molecule has 0 bridgehead atoms. The highest BCUT2D eigenvalue weighted by atomic mass is 35.5. The first kappa shape index (κ1) is 28.3. The highest BCUT2D eigenvalue weighted by Gasteiger charge is 2.38. The quantitative estimate of drug-likeness (QED) is 0.226. The van der Waals surface area contributed by atoms with Crippen molar-refractivity contribution in [2.45, 2.75) is 51.8 Å². The van der Waals surface area contributed by atoms with Crippen LogP contribution in [0.4, 0.5) is 14.5 Å². The van der Waals surface area contributed by atoms with Crippen LogP contribution in [0, 0.1) is 18.4 Å². The SMILES string of the molecule is CCN(C(=O)[C@H]1CCCCN1)C1CN(C(=Nc2cccc(OC(F)F)c2)NC#N)N=C1c1ccc(Cl)c(C)c1. The second-order valence-corrected chi connectivity index (χ2v) is 9.63. The molecule has 2 aliphatic rings. The summed E-state index contributed by atoms with van der Waals surface area (Å²) in [6, 6.07) is 10.7. The molecule has 2 heterocycles. The Hall–Kier alpha value is -3.75. The molecule has 1 amide bonds. The minimum atomic E-state index is -2.98. The number of hydrogen-bond acceptors (Lipinski definition) is 6. The molecule has 0 radical (unpaired) electrons. The van der Waals surface area contributed by atoms with Crippen LogP contribution in [-0.4, -0.2) is 65.8 Å². The number of rotatable bonds is 7. The van der Waals surface area contributed by atoms with Crippen molar-refractivity contribution >= 4 is 34.9 Å². The zero-order chi connectivity index (χ0) is 27.9. The lowest BCUT2D eigenvalue weighted by Gasteiger charge is -2.34. The molecule has 2 N–H and O–H groups in total. The maximum absolute atomic E-state index is 13.6.